The van der Waals surface area contributed by atoms with Crippen LogP contribution in [0, 0.1) is 0 Å². The Morgan fingerprint density at radius 1 is 1.07 bits per heavy atom. The summed E-state index contributed by atoms with van der Waals surface area (Å²) in [6.45, 7) is 0. The second kappa shape index (κ2) is 3.50. The SMILES string of the molecule is C1=C2C=C(c3ccccc3)[O+]=C2CCC1. The number of benzene rings is 1. The highest BCUT2D eigenvalue weighted by atomic mass is 16.4. The van der Waals surface area contributed by atoms with E-state index in [9.17, 15) is 0 Å². The Labute approximate surface area is 89.4 Å². The van der Waals surface area contributed by atoms with Crippen molar-refractivity contribution < 1.29 is 4.42 Å². The molecule has 1 aliphatic heterocycles. The van der Waals surface area contributed by atoms with Crippen molar-refractivity contribution in [2.24, 2.45) is 0 Å². The van der Waals surface area contributed by atoms with E-state index in [1.807, 2.05) is 18.2 Å². The van der Waals surface area contributed by atoms with E-state index in [0.717, 1.165) is 18.0 Å². The van der Waals surface area contributed by atoms with E-state index in [4.69, 9.17) is 4.42 Å². The van der Waals surface area contributed by atoms with Crippen molar-refractivity contribution in [3.05, 3.63) is 53.6 Å². The summed E-state index contributed by atoms with van der Waals surface area (Å²) in [6, 6.07) is 10.3. The third kappa shape index (κ3) is 1.54. The van der Waals surface area contributed by atoms with Gasteiger partial charge in [0.1, 0.15) is 0 Å². The van der Waals surface area contributed by atoms with Gasteiger partial charge in [-0.25, -0.2) is 4.42 Å². The fourth-order valence-electron chi connectivity index (χ4n) is 2.08. The number of hydrogen-bond acceptors (Lipinski definition) is 0. The van der Waals surface area contributed by atoms with Crippen molar-refractivity contribution in [1.82, 2.24) is 0 Å². The molecule has 0 amide bonds. The molecular formula is C14H13O+. The van der Waals surface area contributed by atoms with Crippen LogP contribution < -0.4 is 0 Å². The van der Waals surface area contributed by atoms with E-state index in [-0.39, 0.29) is 0 Å². The summed E-state index contributed by atoms with van der Waals surface area (Å²) >= 11 is 0. The molecule has 0 saturated heterocycles. The van der Waals surface area contributed by atoms with Gasteiger partial charge in [0, 0.05) is 0 Å². The van der Waals surface area contributed by atoms with Gasteiger partial charge in [-0.2, -0.15) is 0 Å². The van der Waals surface area contributed by atoms with E-state index in [1.54, 1.807) is 0 Å². The third-order valence-electron chi connectivity index (χ3n) is 2.87. The predicted octanol–water partition coefficient (Wildman–Crippen LogP) is 3.26. The average Bonchev–Trinajstić information content (AvgIpc) is 2.74. The summed E-state index contributed by atoms with van der Waals surface area (Å²) in [4.78, 5) is 0. The zero-order valence-corrected chi connectivity index (χ0v) is 8.57. The molecule has 1 nitrogen and oxygen atoms in total. The van der Waals surface area contributed by atoms with Crippen LogP contribution in [0.5, 0.6) is 0 Å². The lowest BCUT2D eigenvalue weighted by molar-refractivity contribution is -0.341. The van der Waals surface area contributed by atoms with Crippen LogP contribution >= 0.6 is 0 Å². The molecule has 1 aliphatic carbocycles. The minimum Gasteiger partial charge on any atom is -0.212 e. The first kappa shape index (κ1) is 8.66. The van der Waals surface area contributed by atoms with E-state index < -0.39 is 0 Å². The van der Waals surface area contributed by atoms with Gasteiger partial charge in [0.25, 0.3) is 0 Å². The molecule has 2 aliphatic rings. The van der Waals surface area contributed by atoms with Crippen molar-refractivity contribution in [2.45, 2.75) is 19.3 Å². The van der Waals surface area contributed by atoms with E-state index in [1.165, 1.54) is 24.0 Å². The topological polar surface area (TPSA) is 11.3 Å². The molecule has 1 aromatic carbocycles. The maximum absolute atomic E-state index is 5.86. The van der Waals surface area contributed by atoms with Gasteiger partial charge in [-0.1, -0.05) is 24.3 Å². The Morgan fingerprint density at radius 3 is 2.73 bits per heavy atom. The van der Waals surface area contributed by atoms with E-state index in [0.29, 0.717) is 0 Å². The molecule has 0 unspecified atom stereocenters. The standard InChI is InChI=1S/C14H13O/c1-2-6-11(7-3-1)14-10-12-8-4-5-9-13(12)15-14/h1-3,6-8,10H,4-5,9H2/q+1. The van der Waals surface area contributed by atoms with Gasteiger partial charge in [-0.3, -0.25) is 0 Å². The Bertz CT molecular complexity index is 463. The fourth-order valence-corrected chi connectivity index (χ4v) is 2.08. The van der Waals surface area contributed by atoms with Crippen molar-refractivity contribution in [2.75, 3.05) is 0 Å². The summed E-state index contributed by atoms with van der Waals surface area (Å²) in [5.74, 6) is 2.15. The monoisotopic (exact) mass is 197 g/mol. The second-order valence-electron chi connectivity index (χ2n) is 3.95. The number of carbonyl (C=O) groups excluding carboxylic acids is 1. The number of ketones is 1. The molecule has 0 spiro atoms. The van der Waals surface area contributed by atoms with E-state index in [2.05, 4.69) is 24.3 Å². The Morgan fingerprint density at radius 2 is 1.93 bits per heavy atom. The van der Waals surface area contributed by atoms with E-state index >= 15 is 0 Å². The normalized spacial score (nSPS) is 19.1. The van der Waals surface area contributed by atoms with Crippen LogP contribution in [0.25, 0.3) is 5.76 Å². The van der Waals surface area contributed by atoms with Crippen LogP contribution in [-0.4, -0.2) is 5.78 Å². The van der Waals surface area contributed by atoms with Gasteiger partial charge in [0.2, 0.25) is 0 Å². The maximum atomic E-state index is 5.86. The molecule has 0 N–H and O–H groups in total. The molecule has 1 heterocycles. The molecule has 1 heteroatoms. The first-order valence-electron chi connectivity index (χ1n) is 5.45. The highest BCUT2D eigenvalue weighted by Crippen LogP contribution is 2.27. The van der Waals surface area contributed by atoms with Crippen LogP contribution in [0.1, 0.15) is 24.8 Å². The molecular weight excluding hydrogens is 184 g/mol. The van der Waals surface area contributed by atoms with Gasteiger partial charge in [0.05, 0.1) is 23.6 Å². The number of hydrogen-bond donors (Lipinski definition) is 0. The van der Waals surface area contributed by atoms with Gasteiger partial charge >= 0.3 is 11.5 Å². The number of rotatable bonds is 1. The third-order valence-corrected chi connectivity index (χ3v) is 2.87. The number of fused-ring (bicyclic) bond motifs is 1. The molecule has 0 atom stereocenters. The van der Waals surface area contributed by atoms with Crippen molar-refractivity contribution in [3.8, 4) is 0 Å². The van der Waals surface area contributed by atoms with Crippen molar-refractivity contribution in [3.63, 3.8) is 0 Å². The average molecular weight is 197 g/mol. The molecule has 3 rings (SSSR count). The second-order valence-corrected chi connectivity index (χ2v) is 3.95. The minimum atomic E-state index is 0.999. The summed E-state index contributed by atoms with van der Waals surface area (Å²) in [5, 5.41) is 0. The van der Waals surface area contributed by atoms with Gasteiger partial charge in [-0.15, -0.1) is 0 Å². The smallest absolute Gasteiger partial charge is 0.212 e. The van der Waals surface area contributed by atoms with Gasteiger partial charge in [-0.05, 0) is 25.0 Å². The lowest BCUT2D eigenvalue weighted by atomic mass is 9.98. The number of allylic oxidation sites excluding steroid dienone is 3. The van der Waals surface area contributed by atoms with Crippen LogP contribution in [-0.2, 0) is 4.42 Å². The zero-order valence-electron chi connectivity index (χ0n) is 8.57. The summed E-state index contributed by atoms with van der Waals surface area (Å²) in [5.41, 5.74) is 2.46. The Balaban J connectivity index is 2.01. The van der Waals surface area contributed by atoms with Crippen LogP contribution in [0.3, 0.4) is 0 Å². The summed E-state index contributed by atoms with van der Waals surface area (Å²) in [7, 11) is 0. The van der Waals surface area contributed by atoms with Crippen molar-refractivity contribution in [1.29, 1.82) is 0 Å². The maximum Gasteiger partial charge on any atom is 0.361 e. The van der Waals surface area contributed by atoms with Crippen LogP contribution in [0.2, 0.25) is 0 Å². The molecule has 0 fully saturated rings. The molecule has 74 valence electrons. The Hall–Kier alpha value is -1.63. The predicted molar refractivity (Wildman–Crippen MR) is 61.4 cm³/mol. The first-order chi connectivity index (χ1) is 7.43. The Kier molecular flexibility index (Phi) is 2.02. The molecule has 0 aromatic heterocycles. The quantitative estimate of drug-likeness (QED) is 0.612. The summed E-state index contributed by atoms with van der Waals surface area (Å²) in [6.07, 6.45) is 7.91. The lowest BCUT2D eigenvalue weighted by Gasteiger charge is -1.98. The zero-order chi connectivity index (χ0) is 10.1. The van der Waals surface area contributed by atoms with Crippen LogP contribution in [0.15, 0.2) is 48.1 Å². The van der Waals surface area contributed by atoms with Gasteiger partial charge in [0.15, 0.2) is 0 Å². The fraction of sp³-hybridized carbons (Fsp3) is 0.214. The molecule has 0 bridgehead atoms. The summed E-state index contributed by atoms with van der Waals surface area (Å²) < 4.78 is 5.86. The molecule has 15 heavy (non-hydrogen) atoms. The van der Waals surface area contributed by atoms with Crippen molar-refractivity contribution >= 4 is 11.5 Å². The first-order valence-corrected chi connectivity index (χ1v) is 5.45. The molecule has 0 radical (unpaired) electrons. The highest BCUT2D eigenvalue weighted by molar-refractivity contribution is 6.03. The largest absolute Gasteiger partial charge is 0.361 e. The molecule has 0 saturated carbocycles. The molecule has 1 aromatic rings. The van der Waals surface area contributed by atoms with Gasteiger partial charge < -0.3 is 0 Å². The van der Waals surface area contributed by atoms with Crippen LogP contribution in [0.4, 0.5) is 0 Å². The minimum absolute atomic E-state index is 0.999. The highest BCUT2D eigenvalue weighted by Gasteiger charge is 2.30. The lowest BCUT2D eigenvalue weighted by Crippen LogP contribution is -2.03.